The van der Waals surface area contributed by atoms with Crippen molar-refractivity contribution in [1.29, 1.82) is 0 Å². The molecule has 1 aliphatic rings. The van der Waals surface area contributed by atoms with Crippen molar-refractivity contribution in [3.05, 3.63) is 59.7 Å². The molecule has 8 nitrogen and oxygen atoms in total. The molecular weight excluding hydrogens is 370 g/mol. The summed E-state index contributed by atoms with van der Waals surface area (Å²) in [5, 5.41) is 5.13. The topological polar surface area (TPSA) is 113 Å². The van der Waals surface area contributed by atoms with Crippen LogP contribution in [-0.4, -0.2) is 38.9 Å². The van der Waals surface area contributed by atoms with Gasteiger partial charge in [-0.2, -0.15) is 0 Å². The van der Waals surface area contributed by atoms with Crippen LogP contribution in [0.2, 0.25) is 0 Å². The van der Waals surface area contributed by atoms with Gasteiger partial charge in [-0.3, -0.25) is 14.4 Å². The van der Waals surface area contributed by atoms with Crippen LogP contribution in [0, 0.1) is 0 Å². The molecular formula is C18H17N3O5S. The Labute approximate surface area is 156 Å². The minimum absolute atomic E-state index is 0.0851. The van der Waals surface area contributed by atoms with Crippen molar-refractivity contribution in [3.8, 4) is 0 Å². The van der Waals surface area contributed by atoms with Crippen molar-refractivity contribution in [2.24, 2.45) is 0 Å². The summed E-state index contributed by atoms with van der Waals surface area (Å²) in [6.45, 7) is 0. The third-order valence-corrected chi connectivity index (χ3v) is 5.76. The van der Waals surface area contributed by atoms with Crippen molar-refractivity contribution in [3.63, 3.8) is 0 Å². The molecule has 9 heteroatoms. The van der Waals surface area contributed by atoms with Gasteiger partial charge in [-0.05, 0) is 30.3 Å². The number of rotatable bonds is 4. The number of carbonyl (C=O) groups excluding carboxylic acids is 3. The molecule has 1 aliphatic heterocycles. The molecule has 1 saturated heterocycles. The Morgan fingerprint density at radius 3 is 2.44 bits per heavy atom. The molecule has 1 fully saturated rings. The summed E-state index contributed by atoms with van der Waals surface area (Å²) in [4.78, 5) is 36.4. The van der Waals surface area contributed by atoms with Crippen molar-refractivity contribution in [2.75, 3.05) is 22.4 Å². The first-order valence-corrected chi connectivity index (χ1v) is 9.73. The molecule has 27 heavy (non-hydrogen) atoms. The highest BCUT2D eigenvalue weighted by molar-refractivity contribution is 7.94. The number of hydrogen-bond donors (Lipinski definition) is 2. The van der Waals surface area contributed by atoms with Gasteiger partial charge >= 0.3 is 0 Å². The van der Waals surface area contributed by atoms with Crippen LogP contribution < -0.4 is 14.9 Å². The summed E-state index contributed by atoms with van der Waals surface area (Å²) in [7, 11) is -2.23. The molecule has 2 aromatic rings. The third kappa shape index (κ3) is 3.68. The molecule has 0 atom stereocenters. The van der Waals surface area contributed by atoms with E-state index >= 15 is 0 Å². The molecule has 0 saturated carbocycles. The Hall–Kier alpha value is -3.20. The number of anilines is 2. The summed E-state index contributed by atoms with van der Waals surface area (Å²) in [5.74, 6) is -1.66. The van der Waals surface area contributed by atoms with Crippen LogP contribution in [0.4, 0.5) is 11.4 Å². The van der Waals surface area contributed by atoms with E-state index in [-0.39, 0.29) is 29.3 Å². The number of carbonyl (C=O) groups is 3. The normalized spacial score (nSPS) is 15.4. The minimum Gasteiger partial charge on any atom is -0.355 e. The van der Waals surface area contributed by atoms with Crippen LogP contribution in [0.5, 0.6) is 0 Å². The fourth-order valence-electron chi connectivity index (χ4n) is 2.76. The van der Waals surface area contributed by atoms with E-state index in [0.717, 1.165) is 4.31 Å². The molecule has 3 amide bonds. The summed E-state index contributed by atoms with van der Waals surface area (Å²) >= 11 is 0. The highest BCUT2D eigenvalue weighted by atomic mass is 32.2. The first-order chi connectivity index (χ1) is 12.8. The zero-order chi connectivity index (χ0) is 19.6. The molecule has 0 aliphatic carbocycles. The zero-order valence-corrected chi connectivity index (χ0v) is 15.2. The van der Waals surface area contributed by atoms with Gasteiger partial charge in [-0.15, -0.1) is 0 Å². The molecule has 0 unspecified atom stereocenters. The number of benzene rings is 2. The number of sulfonamides is 1. The van der Waals surface area contributed by atoms with E-state index in [0.29, 0.717) is 11.3 Å². The summed E-state index contributed by atoms with van der Waals surface area (Å²) in [5.41, 5.74) is 0.887. The quantitative estimate of drug-likeness (QED) is 0.823. The largest absolute Gasteiger partial charge is 0.355 e. The van der Waals surface area contributed by atoms with Crippen LogP contribution in [-0.2, 0) is 14.8 Å². The zero-order valence-electron chi connectivity index (χ0n) is 14.4. The second-order valence-electron chi connectivity index (χ2n) is 5.85. The summed E-state index contributed by atoms with van der Waals surface area (Å²) in [6.07, 6.45) is -0.0851. The molecule has 3 rings (SSSR count). The van der Waals surface area contributed by atoms with Crippen LogP contribution in [0.15, 0.2) is 48.5 Å². The lowest BCUT2D eigenvalue weighted by molar-refractivity contribution is -0.116. The van der Waals surface area contributed by atoms with Gasteiger partial charge in [0.05, 0.1) is 22.7 Å². The number of para-hydroxylation sites is 1. The Morgan fingerprint density at radius 1 is 1.04 bits per heavy atom. The summed E-state index contributed by atoms with van der Waals surface area (Å²) < 4.78 is 24.8. The predicted octanol–water partition coefficient (Wildman–Crippen LogP) is 1.36. The second-order valence-corrected chi connectivity index (χ2v) is 7.79. The molecule has 0 spiro atoms. The fourth-order valence-corrected chi connectivity index (χ4v) is 4.21. The van der Waals surface area contributed by atoms with Crippen LogP contribution in [0.1, 0.15) is 27.1 Å². The van der Waals surface area contributed by atoms with Crippen LogP contribution >= 0.6 is 0 Å². The standard InChI is InChI=1S/C18H17N3O5S/c1-19-18(24)14-7-2-3-8-15(14)20-17(23)12-5-4-6-13(11-12)21-16(22)9-10-27(21,25)26/h2-8,11H,9-10H2,1H3,(H,19,24)(H,20,23). The number of nitrogens with zero attached hydrogens (tertiary/aromatic N) is 1. The average Bonchev–Trinajstić information content (AvgIpc) is 2.94. The first kappa shape index (κ1) is 18.6. The lowest BCUT2D eigenvalue weighted by atomic mass is 10.1. The van der Waals surface area contributed by atoms with E-state index < -0.39 is 21.8 Å². The van der Waals surface area contributed by atoms with Crippen LogP contribution in [0.3, 0.4) is 0 Å². The van der Waals surface area contributed by atoms with Crippen molar-refractivity contribution >= 4 is 39.1 Å². The predicted molar refractivity (Wildman–Crippen MR) is 100 cm³/mol. The number of amides is 3. The van der Waals surface area contributed by atoms with Gasteiger partial charge in [-0.25, -0.2) is 12.7 Å². The van der Waals surface area contributed by atoms with Gasteiger partial charge in [-0.1, -0.05) is 18.2 Å². The molecule has 1 heterocycles. The van der Waals surface area contributed by atoms with E-state index in [2.05, 4.69) is 10.6 Å². The second kappa shape index (κ2) is 7.20. The van der Waals surface area contributed by atoms with E-state index in [4.69, 9.17) is 0 Å². The Balaban J connectivity index is 1.90. The Morgan fingerprint density at radius 2 is 1.78 bits per heavy atom. The average molecular weight is 387 g/mol. The molecule has 0 radical (unpaired) electrons. The van der Waals surface area contributed by atoms with Gasteiger partial charge in [0, 0.05) is 19.0 Å². The number of hydrogen-bond acceptors (Lipinski definition) is 5. The van der Waals surface area contributed by atoms with E-state index in [1.54, 1.807) is 24.3 Å². The van der Waals surface area contributed by atoms with Gasteiger partial charge in [0.25, 0.3) is 11.8 Å². The van der Waals surface area contributed by atoms with Crippen LogP contribution in [0.25, 0.3) is 0 Å². The van der Waals surface area contributed by atoms with Crippen molar-refractivity contribution < 1.29 is 22.8 Å². The van der Waals surface area contributed by atoms with E-state index in [9.17, 15) is 22.8 Å². The molecule has 2 N–H and O–H groups in total. The van der Waals surface area contributed by atoms with Gasteiger partial charge < -0.3 is 10.6 Å². The van der Waals surface area contributed by atoms with Gasteiger partial charge in [0.15, 0.2) is 0 Å². The molecule has 140 valence electrons. The van der Waals surface area contributed by atoms with Gasteiger partial charge in [0.1, 0.15) is 0 Å². The van der Waals surface area contributed by atoms with E-state index in [1.165, 1.54) is 31.3 Å². The lowest BCUT2D eigenvalue weighted by Crippen LogP contribution is -2.29. The van der Waals surface area contributed by atoms with Crippen molar-refractivity contribution in [2.45, 2.75) is 6.42 Å². The van der Waals surface area contributed by atoms with E-state index in [1.807, 2.05) is 0 Å². The highest BCUT2D eigenvalue weighted by Gasteiger charge is 2.36. The maximum atomic E-state index is 12.6. The van der Waals surface area contributed by atoms with Crippen molar-refractivity contribution in [1.82, 2.24) is 5.32 Å². The Kier molecular flexibility index (Phi) is 4.95. The minimum atomic E-state index is -3.71. The molecule has 0 bridgehead atoms. The lowest BCUT2D eigenvalue weighted by Gasteiger charge is -2.16. The first-order valence-electron chi connectivity index (χ1n) is 8.12. The SMILES string of the molecule is CNC(=O)c1ccccc1NC(=O)c1cccc(N2C(=O)CCS2(=O)=O)c1. The Bertz CT molecular complexity index is 1030. The smallest absolute Gasteiger partial charge is 0.255 e. The number of nitrogens with one attached hydrogen (secondary N) is 2. The third-order valence-electron chi connectivity index (χ3n) is 4.07. The fraction of sp³-hybridized carbons (Fsp3) is 0.167. The highest BCUT2D eigenvalue weighted by Crippen LogP contribution is 2.26. The van der Waals surface area contributed by atoms with Gasteiger partial charge in [0.2, 0.25) is 15.9 Å². The summed E-state index contributed by atoms with van der Waals surface area (Å²) in [6, 6.07) is 12.3. The maximum absolute atomic E-state index is 12.6. The maximum Gasteiger partial charge on any atom is 0.255 e. The molecule has 2 aromatic carbocycles. The molecule has 0 aromatic heterocycles. The monoisotopic (exact) mass is 387 g/mol.